The fourth-order valence-electron chi connectivity index (χ4n) is 1.91. The van der Waals surface area contributed by atoms with Crippen molar-refractivity contribution in [2.24, 2.45) is 0 Å². The minimum Gasteiger partial charge on any atom is -0.443 e. The highest BCUT2D eigenvalue weighted by atomic mass is 79.9. The Labute approximate surface area is 144 Å². The minimum absolute atomic E-state index is 0.313. The van der Waals surface area contributed by atoms with Gasteiger partial charge in [-0.2, -0.15) is 0 Å². The molecule has 0 saturated heterocycles. The minimum atomic E-state index is -0.313. The van der Waals surface area contributed by atoms with Crippen molar-refractivity contribution in [2.45, 2.75) is 19.6 Å². The van der Waals surface area contributed by atoms with E-state index >= 15 is 0 Å². The maximum atomic E-state index is 9.12. The molecule has 5 N–H and O–H groups in total. The predicted molar refractivity (Wildman–Crippen MR) is 96.4 cm³/mol. The molecule has 0 radical (unpaired) electrons. The lowest BCUT2D eigenvalue weighted by Crippen LogP contribution is -2.31. The van der Waals surface area contributed by atoms with Gasteiger partial charge >= 0.3 is 0 Å². The maximum absolute atomic E-state index is 9.12. The summed E-state index contributed by atoms with van der Waals surface area (Å²) in [6.45, 7) is 4.66. The summed E-state index contributed by atoms with van der Waals surface area (Å²) in [4.78, 5) is 0. The van der Waals surface area contributed by atoms with Crippen molar-refractivity contribution < 1.29 is 9.52 Å². The molecule has 126 valence electrons. The van der Waals surface area contributed by atoms with Crippen LogP contribution < -0.4 is 21.5 Å². The first-order valence-electron chi connectivity index (χ1n) is 7.59. The molecule has 1 aromatic carbocycles. The zero-order chi connectivity index (χ0) is 16.5. The number of hydrogen-bond acceptors (Lipinski definition) is 6. The van der Waals surface area contributed by atoms with Crippen LogP contribution in [0.3, 0.4) is 0 Å². The topological polar surface area (TPSA) is 81.5 Å². The van der Waals surface area contributed by atoms with Gasteiger partial charge in [0.2, 0.25) is 5.88 Å². The van der Waals surface area contributed by atoms with Crippen molar-refractivity contribution in [2.75, 3.05) is 30.5 Å². The molecule has 0 saturated carbocycles. The van der Waals surface area contributed by atoms with Gasteiger partial charge in [0, 0.05) is 30.2 Å². The van der Waals surface area contributed by atoms with Crippen LogP contribution in [0, 0.1) is 0 Å². The molecule has 0 fully saturated rings. The molecule has 0 aliphatic heterocycles. The lowest BCUT2D eigenvalue weighted by atomic mass is 10.3. The Balaban J connectivity index is 1.64. The van der Waals surface area contributed by atoms with Gasteiger partial charge in [-0.1, -0.05) is 15.9 Å². The maximum Gasteiger partial charge on any atom is 0.211 e. The number of anilines is 2. The van der Waals surface area contributed by atoms with E-state index in [4.69, 9.17) is 9.52 Å². The summed E-state index contributed by atoms with van der Waals surface area (Å²) in [5.41, 5.74) is 7.05. The number of aliphatic hydroxyl groups excluding tert-OH is 1. The lowest BCUT2D eigenvalue weighted by molar-refractivity contribution is 0.191. The normalized spacial score (nSPS) is 12.1. The van der Waals surface area contributed by atoms with Crippen LogP contribution in [-0.2, 0) is 6.54 Å². The van der Waals surface area contributed by atoms with Crippen LogP contribution in [0.2, 0.25) is 0 Å². The van der Waals surface area contributed by atoms with Gasteiger partial charge in [0.1, 0.15) is 5.76 Å². The molecule has 2 aromatic rings. The van der Waals surface area contributed by atoms with E-state index in [0.717, 1.165) is 29.0 Å². The summed E-state index contributed by atoms with van der Waals surface area (Å²) in [7, 11) is 0. The molecule has 7 heteroatoms. The molecule has 0 amide bonds. The summed E-state index contributed by atoms with van der Waals surface area (Å²) in [5, 5.41) is 15.6. The molecular formula is C16H23BrN4O2. The van der Waals surface area contributed by atoms with E-state index in [0.29, 0.717) is 19.0 Å². The first-order chi connectivity index (χ1) is 11.1. The van der Waals surface area contributed by atoms with Crippen LogP contribution in [0.4, 0.5) is 11.6 Å². The Hall–Kier alpha value is -1.54. The van der Waals surface area contributed by atoms with Crippen LogP contribution in [-0.4, -0.2) is 30.8 Å². The van der Waals surface area contributed by atoms with Crippen molar-refractivity contribution in [1.29, 1.82) is 0 Å². The summed E-state index contributed by atoms with van der Waals surface area (Å²) < 4.78 is 6.71. The molecule has 23 heavy (non-hydrogen) atoms. The molecule has 2 rings (SSSR count). The van der Waals surface area contributed by atoms with Crippen LogP contribution in [0.5, 0.6) is 0 Å². The number of hydrazine groups is 1. The second-order valence-electron chi connectivity index (χ2n) is 5.25. The molecule has 0 aliphatic carbocycles. The molecule has 0 bridgehead atoms. The van der Waals surface area contributed by atoms with Gasteiger partial charge in [-0.15, -0.1) is 0 Å². The number of furan rings is 1. The molecule has 6 nitrogen and oxygen atoms in total. The molecule has 1 atom stereocenters. The van der Waals surface area contributed by atoms with Gasteiger partial charge in [-0.05, 0) is 37.3 Å². The van der Waals surface area contributed by atoms with Gasteiger partial charge in [0.15, 0.2) is 0 Å². The fourth-order valence-corrected chi connectivity index (χ4v) is 2.17. The van der Waals surface area contributed by atoms with Crippen molar-refractivity contribution in [3.63, 3.8) is 0 Å². The number of halogens is 1. The van der Waals surface area contributed by atoms with E-state index in [-0.39, 0.29) is 6.10 Å². The standard InChI is InChI=1S/C16H23BrN4O2/c1-12(22)10-18-8-9-19-11-15-6-7-16(23-15)21-20-14-4-2-13(17)3-5-14/h2-7,12,18-22H,8-11H2,1H3/t12-/m0/s1. The third kappa shape index (κ3) is 7.04. The Morgan fingerprint density at radius 1 is 1.04 bits per heavy atom. The third-order valence-corrected chi connectivity index (χ3v) is 3.58. The molecule has 1 aromatic heterocycles. The zero-order valence-corrected chi connectivity index (χ0v) is 14.7. The summed E-state index contributed by atoms with van der Waals surface area (Å²) >= 11 is 3.40. The Morgan fingerprint density at radius 3 is 2.52 bits per heavy atom. The molecule has 1 heterocycles. The van der Waals surface area contributed by atoms with Gasteiger partial charge in [-0.3, -0.25) is 10.9 Å². The van der Waals surface area contributed by atoms with Crippen molar-refractivity contribution >= 4 is 27.5 Å². The first kappa shape index (κ1) is 17.8. The van der Waals surface area contributed by atoms with Crippen LogP contribution in [0.1, 0.15) is 12.7 Å². The quantitative estimate of drug-likeness (QED) is 0.321. The number of hydrogen-bond donors (Lipinski definition) is 5. The fraction of sp³-hybridized carbons (Fsp3) is 0.375. The molecule has 0 aliphatic rings. The highest BCUT2D eigenvalue weighted by Crippen LogP contribution is 2.16. The molecule has 0 unspecified atom stereocenters. The smallest absolute Gasteiger partial charge is 0.211 e. The summed E-state index contributed by atoms with van der Waals surface area (Å²) in [5.74, 6) is 1.53. The highest BCUT2D eigenvalue weighted by molar-refractivity contribution is 9.10. The van der Waals surface area contributed by atoms with Gasteiger partial charge < -0.3 is 20.2 Å². The van der Waals surface area contributed by atoms with Crippen LogP contribution >= 0.6 is 15.9 Å². The Bertz CT molecular complexity index is 572. The SMILES string of the molecule is C[C@H](O)CNCCNCc1ccc(NNc2ccc(Br)cc2)o1. The van der Waals surface area contributed by atoms with E-state index in [2.05, 4.69) is 37.4 Å². The first-order valence-corrected chi connectivity index (χ1v) is 8.38. The van der Waals surface area contributed by atoms with E-state index < -0.39 is 0 Å². The highest BCUT2D eigenvalue weighted by Gasteiger charge is 2.01. The average Bonchev–Trinajstić information content (AvgIpc) is 2.98. The largest absolute Gasteiger partial charge is 0.443 e. The molecular weight excluding hydrogens is 360 g/mol. The van der Waals surface area contributed by atoms with E-state index in [1.807, 2.05) is 36.4 Å². The van der Waals surface area contributed by atoms with E-state index in [1.165, 1.54) is 0 Å². The van der Waals surface area contributed by atoms with E-state index in [9.17, 15) is 0 Å². The Morgan fingerprint density at radius 2 is 1.78 bits per heavy atom. The summed E-state index contributed by atoms with van der Waals surface area (Å²) in [6, 6.07) is 11.7. The second kappa shape index (κ2) is 9.57. The predicted octanol–water partition coefficient (Wildman–Crippen LogP) is 2.54. The number of aliphatic hydroxyl groups is 1. The van der Waals surface area contributed by atoms with Crippen molar-refractivity contribution in [3.8, 4) is 0 Å². The van der Waals surface area contributed by atoms with Crippen molar-refractivity contribution in [1.82, 2.24) is 10.6 Å². The second-order valence-corrected chi connectivity index (χ2v) is 6.17. The van der Waals surface area contributed by atoms with Crippen LogP contribution in [0.15, 0.2) is 45.3 Å². The van der Waals surface area contributed by atoms with Gasteiger partial charge in [0.25, 0.3) is 0 Å². The Kier molecular flexibility index (Phi) is 7.41. The average molecular weight is 383 g/mol. The number of rotatable bonds is 10. The monoisotopic (exact) mass is 382 g/mol. The lowest BCUT2D eigenvalue weighted by Gasteiger charge is -2.08. The number of benzene rings is 1. The van der Waals surface area contributed by atoms with E-state index in [1.54, 1.807) is 6.92 Å². The van der Waals surface area contributed by atoms with Gasteiger partial charge in [0.05, 0.1) is 18.3 Å². The molecule has 0 spiro atoms. The van der Waals surface area contributed by atoms with Gasteiger partial charge in [-0.25, -0.2) is 0 Å². The third-order valence-electron chi connectivity index (χ3n) is 3.05. The van der Waals surface area contributed by atoms with Crippen LogP contribution in [0.25, 0.3) is 0 Å². The zero-order valence-electron chi connectivity index (χ0n) is 13.1. The van der Waals surface area contributed by atoms with Crippen molar-refractivity contribution in [3.05, 3.63) is 46.6 Å². The number of nitrogens with one attached hydrogen (secondary N) is 4. The summed E-state index contributed by atoms with van der Waals surface area (Å²) in [6.07, 6.45) is -0.313.